The molecule has 17 heavy (non-hydrogen) atoms. The van der Waals surface area contributed by atoms with Crippen molar-refractivity contribution >= 4 is 11.9 Å². The first-order chi connectivity index (χ1) is 7.90. The van der Waals surface area contributed by atoms with Gasteiger partial charge in [-0.05, 0) is 25.3 Å². The van der Waals surface area contributed by atoms with Crippen LogP contribution in [0.25, 0.3) is 0 Å². The fourth-order valence-electron chi connectivity index (χ4n) is 1.14. The molecule has 0 aliphatic heterocycles. The SMILES string of the molecule is CC(C)[C@H](N)C(=O)OC(=O)[C@H](N)CCCCN. The average Bonchev–Trinajstić information content (AvgIpc) is 2.27. The average molecular weight is 245 g/mol. The summed E-state index contributed by atoms with van der Waals surface area (Å²) in [6.45, 7) is 4.11. The summed E-state index contributed by atoms with van der Waals surface area (Å²) in [7, 11) is 0. The van der Waals surface area contributed by atoms with E-state index in [1.807, 2.05) is 0 Å². The van der Waals surface area contributed by atoms with Crippen molar-refractivity contribution < 1.29 is 14.3 Å². The molecule has 2 atom stereocenters. The van der Waals surface area contributed by atoms with Gasteiger partial charge in [0, 0.05) is 0 Å². The van der Waals surface area contributed by atoms with Crippen LogP contribution in [0.15, 0.2) is 0 Å². The number of hydrogen-bond acceptors (Lipinski definition) is 6. The van der Waals surface area contributed by atoms with E-state index in [9.17, 15) is 9.59 Å². The molecule has 0 heterocycles. The summed E-state index contributed by atoms with van der Waals surface area (Å²) in [6, 6.07) is -1.58. The number of nitrogens with two attached hydrogens (primary N) is 3. The molecule has 0 fully saturated rings. The highest BCUT2D eigenvalue weighted by molar-refractivity contribution is 5.90. The third-order valence-electron chi connectivity index (χ3n) is 2.46. The summed E-state index contributed by atoms with van der Waals surface area (Å²) in [6.07, 6.45) is 1.98. The monoisotopic (exact) mass is 245 g/mol. The van der Waals surface area contributed by atoms with Crippen LogP contribution in [0, 0.1) is 5.92 Å². The van der Waals surface area contributed by atoms with Crippen molar-refractivity contribution in [1.82, 2.24) is 0 Å². The van der Waals surface area contributed by atoms with E-state index in [4.69, 9.17) is 17.2 Å². The van der Waals surface area contributed by atoms with Gasteiger partial charge >= 0.3 is 11.9 Å². The Morgan fingerprint density at radius 3 is 2.18 bits per heavy atom. The first-order valence-electron chi connectivity index (χ1n) is 5.87. The molecule has 6 N–H and O–H groups in total. The first kappa shape index (κ1) is 16.0. The lowest BCUT2D eigenvalue weighted by atomic mass is 10.1. The standard InChI is InChI=1S/C11H23N3O3/c1-7(2)9(14)11(16)17-10(15)8(13)5-3-4-6-12/h7-9H,3-6,12-14H2,1-2H3/t8-,9+/m1/s1. The smallest absolute Gasteiger partial charge is 0.330 e. The highest BCUT2D eigenvalue weighted by Crippen LogP contribution is 2.04. The topological polar surface area (TPSA) is 121 Å². The van der Waals surface area contributed by atoms with Crippen LogP contribution < -0.4 is 17.2 Å². The zero-order valence-electron chi connectivity index (χ0n) is 10.5. The maximum absolute atomic E-state index is 11.4. The zero-order valence-corrected chi connectivity index (χ0v) is 10.5. The van der Waals surface area contributed by atoms with Gasteiger partial charge in [-0.15, -0.1) is 0 Å². The lowest BCUT2D eigenvalue weighted by molar-refractivity contribution is -0.162. The minimum atomic E-state index is -0.796. The van der Waals surface area contributed by atoms with Crippen LogP contribution in [0.4, 0.5) is 0 Å². The molecule has 0 unspecified atom stereocenters. The number of rotatable bonds is 7. The normalized spacial score (nSPS) is 14.5. The Kier molecular flexibility index (Phi) is 7.69. The molecule has 0 aliphatic carbocycles. The van der Waals surface area contributed by atoms with Gasteiger partial charge in [0.05, 0.1) is 0 Å². The highest BCUT2D eigenvalue weighted by Gasteiger charge is 2.24. The summed E-state index contributed by atoms with van der Waals surface area (Å²) in [5.41, 5.74) is 16.4. The summed E-state index contributed by atoms with van der Waals surface area (Å²) in [5, 5.41) is 0. The maximum atomic E-state index is 11.4. The number of unbranched alkanes of at least 4 members (excludes halogenated alkanes) is 1. The van der Waals surface area contributed by atoms with E-state index in [0.29, 0.717) is 13.0 Å². The van der Waals surface area contributed by atoms with Gasteiger partial charge in [-0.1, -0.05) is 20.3 Å². The maximum Gasteiger partial charge on any atom is 0.330 e. The Hall–Kier alpha value is -0.980. The van der Waals surface area contributed by atoms with Gasteiger partial charge in [0.25, 0.3) is 0 Å². The van der Waals surface area contributed by atoms with Crippen LogP contribution in [0.5, 0.6) is 0 Å². The molecule has 6 heteroatoms. The molecule has 0 saturated carbocycles. The van der Waals surface area contributed by atoms with Gasteiger partial charge < -0.3 is 21.9 Å². The highest BCUT2D eigenvalue weighted by atomic mass is 16.6. The Labute approximate surface area is 102 Å². The predicted molar refractivity (Wildman–Crippen MR) is 64.8 cm³/mol. The van der Waals surface area contributed by atoms with Crippen molar-refractivity contribution in [3.63, 3.8) is 0 Å². The molecule has 0 radical (unpaired) electrons. The molecule has 0 rings (SSSR count). The van der Waals surface area contributed by atoms with Gasteiger partial charge in [0.1, 0.15) is 12.1 Å². The third-order valence-corrected chi connectivity index (χ3v) is 2.46. The zero-order chi connectivity index (χ0) is 13.4. The van der Waals surface area contributed by atoms with Crippen LogP contribution in [0.1, 0.15) is 33.1 Å². The first-order valence-corrected chi connectivity index (χ1v) is 5.87. The molecule has 0 spiro atoms. The minimum Gasteiger partial charge on any atom is -0.391 e. The van der Waals surface area contributed by atoms with Gasteiger partial charge in [0.15, 0.2) is 0 Å². The predicted octanol–water partition coefficient (Wildman–Crippen LogP) is -0.504. The van der Waals surface area contributed by atoms with Crippen LogP contribution in [-0.2, 0) is 14.3 Å². The van der Waals surface area contributed by atoms with E-state index in [-0.39, 0.29) is 5.92 Å². The number of ether oxygens (including phenoxy) is 1. The fourth-order valence-corrected chi connectivity index (χ4v) is 1.14. The van der Waals surface area contributed by atoms with Crippen molar-refractivity contribution in [2.45, 2.75) is 45.2 Å². The van der Waals surface area contributed by atoms with Crippen molar-refractivity contribution in [3.05, 3.63) is 0 Å². The fraction of sp³-hybridized carbons (Fsp3) is 0.818. The lowest BCUT2D eigenvalue weighted by Gasteiger charge is -2.15. The van der Waals surface area contributed by atoms with E-state index in [0.717, 1.165) is 12.8 Å². The Bertz CT molecular complexity index is 256. The molecule has 6 nitrogen and oxygen atoms in total. The number of carbonyl (C=O) groups is 2. The molecule has 100 valence electrons. The minimum absolute atomic E-state index is 0.0798. The molecule has 0 aromatic carbocycles. The second-order valence-electron chi connectivity index (χ2n) is 4.40. The van der Waals surface area contributed by atoms with Crippen molar-refractivity contribution in [3.8, 4) is 0 Å². The van der Waals surface area contributed by atoms with E-state index >= 15 is 0 Å². The van der Waals surface area contributed by atoms with Crippen LogP contribution in [-0.4, -0.2) is 30.6 Å². The van der Waals surface area contributed by atoms with Gasteiger partial charge in [-0.3, -0.25) is 0 Å². The molecular formula is C11H23N3O3. The molecule has 0 saturated heterocycles. The second kappa shape index (κ2) is 8.16. The quantitative estimate of drug-likeness (QED) is 0.316. The molecular weight excluding hydrogens is 222 g/mol. The van der Waals surface area contributed by atoms with E-state index in [1.54, 1.807) is 13.8 Å². The Balaban J connectivity index is 4.03. The summed E-state index contributed by atoms with van der Waals surface area (Å²) < 4.78 is 4.61. The molecule has 0 amide bonds. The number of hydrogen-bond donors (Lipinski definition) is 3. The molecule has 0 aromatic rings. The molecule has 0 bridgehead atoms. The van der Waals surface area contributed by atoms with Crippen molar-refractivity contribution in [1.29, 1.82) is 0 Å². The Morgan fingerprint density at radius 2 is 1.71 bits per heavy atom. The Morgan fingerprint density at radius 1 is 1.12 bits per heavy atom. The van der Waals surface area contributed by atoms with E-state index in [2.05, 4.69) is 4.74 Å². The van der Waals surface area contributed by atoms with Gasteiger partial charge in [-0.2, -0.15) is 0 Å². The van der Waals surface area contributed by atoms with Gasteiger partial charge in [-0.25, -0.2) is 9.59 Å². The third kappa shape index (κ3) is 6.35. The van der Waals surface area contributed by atoms with Crippen molar-refractivity contribution in [2.24, 2.45) is 23.1 Å². The second-order valence-corrected chi connectivity index (χ2v) is 4.40. The summed E-state index contributed by atoms with van der Waals surface area (Å²) in [4.78, 5) is 22.8. The summed E-state index contributed by atoms with van der Waals surface area (Å²) in [5.74, 6) is -1.52. The summed E-state index contributed by atoms with van der Waals surface area (Å²) >= 11 is 0. The van der Waals surface area contributed by atoms with Crippen LogP contribution >= 0.6 is 0 Å². The lowest BCUT2D eigenvalue weighted by Crippen LogP contribution is -2.42. The van der Waals surface area contributed by atoms with Crippen molar-refractivity contribution in [2.75, 3.05) is 6.54 Å². The van der Waals surface area contributed by atoms with Crippen LogP contribution in [0.3, 0.4) is 0 Å². The van der Waals surface area contributed by atoms with E-state index < -0.39 is 24.0 Å². The van der Waals surface area contributed by atoms with Gasteiger partial charge in [0.2, 0.25) is 0 Å². The molecule has 0 aromatic heterocycles. The number of esters is 2. The largest absolute Gasteiger partial charge is 0.391 e. The van der Waals surface area contributed by atoms with E-state index in [1.165, 1.54) is 0 Å². The number of carbonyl (C=O) groups excluding carboxylic acids is 2. The molecule has 0 aliphatic rings. The van der Waals surface area contributed by atoms with Crippen LogP contribution in [0.2, 0.25) is 0 Å².